The number of rotatable bonds is 2. The van der Waals surface area contributed by atoms with Crippen molar-refractivity contribution < 1.29 is 14.3 Å². The standard InChI is InChI=1S/C16H20N2O3/c1-9-4-11(3)14-13(6-9)17-16(21-14)18-7-10(2)5-12(8-18)15(19)20/h4,6,10,12H,5,7-8H2,1-3H3,(H,19,20). The van der Waals surface area contributed by atoms with Gasteiger partial charge in [-0.15, -0.1) is 0 Å². The molecular weight excluding hydrogens is 268 g/mol. The van der Waals surface area contributed by atoms with Gasteiger partial charge in [0.2, 0.25) is 0 Å². The van der Waals surface area contributed by atoms with Gasteiger partial charge < -0.3 is 14.4 Å². The van der Waals surface area contributed by atoms with Crippen LogP contribution < -0.4 is 4.90 Å². The molecule has 1 saturated heterocycles. The van der Waals surface area contributed by atoms with Gasteiger partial charge in [-0.25, -0.2) is 0 Å². The van der Waals surface area contributed by atoms with E-state index in [-0.39, 0.29) is 5.92 Å². The predicted octanol–water partition coefficient (Wildman–Crippen LogP) is 2.99. The number of nitrogens with zero attached hydrogens (tertiary/aromatic N) is 2. The third-order valence-corrected chi connectivity index (χ3v) is 4.09. The van der Waals surface area contributed by atoms with Crippen molar-refractivity contribution in [3.05, 3.63) is 23.3 Å². The molecule has 2 atom stereocenters. The largest absolute Gasteiger partial charge is 0.481 e. The highest BCUT2D eigenvalue weighted by atomic mass is 16.4. The van der Waals surface area contributed by atoms with Crippen LogP contribution in [0.5, 0.6) is 0 Å². The predicted molar refractivity (Wildman–Crippen MR) is 80.6 cm³/mol. The summed E-state index contributed by atoms with van der Waals surface area (Å²) in [4.78, 5) is 17.8. The van der Waals surface area contributed by atoms with E-state index in [1.54, 1.807) is 0 Å². The fourth-order valence-corrected chi connectivity index (χ4v) is 3.19. The normalized spacial score (nSPS) is 22.7. The van der Waals surface area contributed by atoms with Crippen LogP contribution in [-0.2, 0) is 4.79 Å². The van der Waals surface area contributed by atoms with Gasteiger partial charge in [0.25, 0.3) is 6.01 Å². The summed E-state index contributed by atoms with van der Waals surface area (Å²) >= 11 is 0. The number of aromatic nitrogens is 1. The summed E-state index contributed by atoms with van der Waals surface area (Å²) in [5, 5.41) is 9.26. The fourth-order valence-electron chi connectivity index (χ4n) is 3.19. The minimum Gasteiger partial charge on any atom is -0.481 e. The Balaban J connectivity index is 1.96. The van der Waals surface area contributed by atoms with Gasteiger partial charge in [0, 0.05) is 13.1 Å². The fraction of sp³-hybridized carbons (Fsp3) is 0.500. The summed E-state index contributed by atoms with van der Waals surface area (Å²) in [6, 6.07) is 4.60. The summed E-state index contributed by atoms with van der Waals surface area (Å²) in [7, 11) is 0. The Kier molecular flexibility index (Phi) is 3.35. The number of benzene rings is 1. The minimum absolute atomic E-state index is 0.317. The van der Waals surface area contributed by atoms with Gasteiger partial charge in [0.15, 0.2) is 5.58 Å². The van der Waals surface area contributed by atoms with Crippen LogP contribution in [0.25, 0.3) is 11.1 Å². The van der Waals surface area contributed by atoms with E-state index < -0.39 is 5.97 Å². The molecule has 2 unspecified atom stereocenters. The number of carboxylic acids is 1. The van der Waals surface area contributed by atoms with Crippen molar-refractivity contribution in [1.82, 2.24) is 4.98 Å². The van der Waals surface area contributed by atoms with Crippen LogP contribution in [-0.4, -0.2) is 29.1 Å². The molecule has 0 radical (unpaired) electrons. The molecule has 0 aliphatic carbocycles. The molecule has 21 heavy (non-hydrogen) atoms. The molecule has 1 fully saturated rings. The van der Waals surface area contributed by atoms with Gasteiger partial charge in [0.1, 0.15) is 5.52 Å². The van der Waals surface area contributed by atoms with Crippen molar-refractivity contribution in [2.75, 3.05) is 18.0 Å². The number of aryl methyl sites for hydroxylation is 2. The molecule has 3 rings (SSSR count). The Morgan fingerprint density at radius 1 is 1.38 bits per heavy atom. The summed E-state index contributed by atoms with van der Waals surface area (Å²) < 4.78 is 5.89. The van der Waals surface area contributed by atoms with Crippen LogP contribution in [0.15, 0.2) is 16.5 Å². The Hall–Kier alpha value is -2.04. The average Bonchev–Trinajstić information content (AvgIpc) is 2.82. The minimum atomic E-state index is -0.741. The van der Waals surface area contributed by atoms with Crippen molar-refractivity contribution in [2.45, 2.75) is 27.2 Å². The number of oxazole rings is 1. The lowest BCUT2D eigenvalue weighted by atomic mass is 9.91. The van der Waals surface area contributed by atoms with Crippen LogP contribution >= 0.6 is 0 Å². The summed E-state index contributed by atoms with van der Waals surface area (Å²) in [5.41, 5.74) is 3.84. The molecule has 0 bridgehead atoms. The molecule has 2 heterocycles. The van der Waals surface area contributed by atoms with E-state index in [0.29, 0.717) is 24.9 Å². The first-order valence-electron chi connectivity index (χ1n) is 7.29. The van der Waals surface area contributed by atoms with Crippen molar-refractivity contribution in [3.8, 4) is 0 Å². The van der Waals surface area contributed by atoms with E-state index in [4.69, 9.17) is 4.42 Å². The first-order chi connectivity index (χ1) is 9.94. The molecule has 112 valence electrons. The second kappa shape index (κ2) is 5.06. The first kappa shape index (κ1) is 13.9. The zero-order valence-electron chi connectivity index (χ0n) is 12.6. The highest BCUT2D eigenvalue weighted by molar-refractivity contribution is 5.79. The molecule has 1 aliphatic rings. The van der Waals surface area contributed by atoms with Gasteiger partial charge in [-0.1, -0.05) is 13.0 Å². The van der Waals surface area contributed by atoms with Crippen molar-refractivity contribution >= 4 is 23.1 Å². The van der Waals surface area contributed by atoms with Crippen molar-refractivity contribution in [1.29, 1.82) is 0 Å². The number of anilines is 1. The maximum atomic E-state index is 11.3. The smallest absolute Gasteiger partial charge is 0.308 e. The zero-order chi connectivity index (χ0) is 15.1. The molecule has 5 heteroatoms. The third kappa shape index (κ3) is 2.60. The molecule has 0 amide bonds. The lowest BCUT2D eigenvalue weighted by Gasteiger charge is -2.33. The number of aliphatic carboxylic acids is 1. The topological polar surface area (TPSA) is 66.6 Å². The molecule has 1 aromatic carbocycles. The Labute approximate surface area is 123 Å². The SMILES string of the molecule is Cc1cc(C)c2oc(N3CC(C)CC(C(=O)O)C3)nc2c1. The van der Waals surface area contributed by atoms with Gasteiger partial charge in [-0.05, 0) is 43.4 Å². The third-order valence-electron chi connectivity index (χ3n) is 4.09. The molecular formula is C16H20N2O3. The summed E-state index contributed by atoms with van der Waals surface area (Å²) in [6.45, 7) is 7.35. The Morgan fingerprint density at radius 3 is 2.86 bits per heavy atom. The van der Waals surface area contributed by atoms with E-state index >= 15 is 0 Å². The maximum Gasteiger partial charge on any atom is 0.308 e. The second-order valence-corrected chi connectivity index (χ2v) is 6.21. The molecule has 2 aromatic rings. The molecule has 0 saturated carbocycles. The molecule has 1 aromatic heterocycles. The van der Waals surface area contributed by atoms with E-state index in [9.17, 15) is 9.90 Å². The van der Waals surface area contributed by atoms with Gasteiger partial charge >= 0.3 is 5.97 Å². The molecule has 5 nitrogen and oxygen atoms in total. The zero-order valence-corrected chi connectivity index (χ0v) is 12.6. The van der Waals surface area contributed by atoms with Gasteiger partial charge in [-0.2, -0.15) is 4.98 Å². The van der Waals surface area contributed by atoms with E-state index in [1.165, 1.54) is 0 Å². The quantitative estimate of drug-likeness (QED) is 0.920. The lowest BCUT2D eigenvalue weighted by Crippen LogP contribution is -2.42. The summed E-state index contributed by atoms with van der Waals surface area (Å²) in [5.74, 6) is -0.779. The summed E-state index contributed by atoms with van der Waals surface area (Å²) in [6.07, 6.45) is 0.712. The number of fused-ring (bicyclic) bond motifs is 1. The van der Waals surface area contributed by atoms with E-state index in [0.717, 1.165) is 28.8 Å². The van der Waals surface area contributed by atoms with Crippen LogP contribution in [0.1, 0.15) is 24.5 Å². The van der Waals surface area contributed by atoms with Crippen molar-refractivity contribution in [2.24, 2.45) is 11.8 Å². The highest BCUT2D eigenvalue weighted by Crippen LogP contribution is 2.30. The number of piperidine rings is 1. The van der Waals surface area contributed by atoms with E-state index in [2.05, 4.69) is 18.0 Å². The first-order valence-corrected chi connectivity index (χ1v) is 7.29. The van der Waals surface area contributed by atoms with Crippen LogP contribution in [0.3, 0.4) is 0 Å². The molecule has 0 spiro atoms. The average molecular weight is 288 g/mol. The number of carboxylic acid groups (broad SMARTS) is 1. The number of hydrogen-bond acceptors (Lipinski definition) is 4. The van der Waals surface area contributed by atoms with Gasteiger partial charge in [-0.3, -0.25) is 4.79 Å². The Bertz CT molecular complexity index is 692. The monoisotopic (exact) mass is 288 g/mol. The molecule has 1 aliphatic heterocycles. The van der Waals surface area contributed by atoms with Crippen molar-refractivity contribution in [3.63, 3.8) is 0 Å². The van der Waals surface area contributed by atoms with Crippen LogP contribution in [0.2, 0.25) is 0 Å². The maximum absolute atomic E-state index is 11.3. The van der Waals surface area contributed by atoms with E-state index in [1.807, 2.05) is 24.8 Å². The Morgan fingerprint density at radius 2 is 2.14 bits per heavy atom. The number of hydrogen-bond donors (Lipinski definition) is 1. The van der Waals surface area contributed by atoms with Crippen LogP contribution in [0, 0.1) is 25.7 Å². The molecule has 1 N–H and O–H groups in total. The van der Waals surface area contributed by atoms with Gasteiger partial charge in [0.05, 0.1) is 5.92 Å². The number of carbonyl (C=O) groups is 1. The highest BCUT2D eigenvalue weighted by Gasteiger charge is 2.31. The second-order valence-electron chi connectivity index (χ2n) is 6.21. The van der Waals surface area contributed by atoms with Crippen LogP contribution in [0.4, 0.5) is 6.01 Å². The lowest BCUT2D eigenvalue weighted by molar-refractivity contribution is -0.142.